The van der Waals surface area contributed by atoms with Gasteiger partial charge in [-0.3, -0.25) is 0 Å². The topological polar surface area (TPSA) is 46.2 Å². The molecule has 0 unspecified atom stereocenters. The van der Waals surface area contributed by atoms with E-state index in [4.69, 9.17) is 10.8 Å². The number of nitrogens with two attached hydrogens (primary N) is 1. The van der Waals surface area contributed by atoms with Gasteiger partial charge in [-0.05, 0) is 0 Å². The van der Waals surface area contributed by atoms with E-state index in [-0.39, 0.29) is 27.7 Å². The summed E-state index contributed by atoms with van der Waals surface area (Å²) < 4.78 is 0. The first-order valence-corrected chi connectivity index (χ1v) is 1.22. The Morgan fingerprint density at radius 3 is 1.80 bits per heavy atom. The Morgan fingerprint density at radius 1 is 1.60 bits per heavy atom. The Morgan fingerprint density at radius 2 is 1.80 bits per heavy atom. The number of hydrogen-bond donors (Lipinski definition) is 2. The fourth-order valence-electron chi connectivity index (χ4n) is 0. The number of rotatable bonds is 1. The van der Waals surface area contributed by atoms with Gasteiger partial charge in [-0.2, -0.15) is 0 Å². The van der Waals surface area contributed by atoms with Crippen LogP contribution in [0, 0.1) is 0 Å². The summed E-state index contributed by atoms with van der Waals surface area (Å²) in [6, 6.07) is 0. The van der Waals surface area contributed by atoms with Crippen molar-refractivity contribution < 1.29 is 26.2 Å². The molecular weight excluding hydrogens is 249 g/mol. The number of hydrogen-bond acceptors (Lipinski definition) is 2. The van der Waals surface area contributed by atoms with Crippen LogP contribution in [0.25, 0.3) is 0 Å². The second-order valence-corrected chi connectivity index (χ2v) is 0.512. The Kier molecular flexibility index (Phi) is 16.1. The second-order valence-electron chi connectivity index (χ2n) is 0.512. The smallest absolute Gasteiger partial charge is 0.395 e. The molecular formula is C2H7NOPt+2. The Labute approximate surface area is 45.6 Å². The van der Waals surface area contributed by atoms with Crippen LogP contribution >= 0.6 is 0 Å². The van der Waals surface area contributed by atoms with Gasteiger partial charge in [-0.1, -0.05) is 0 Å². The van der Waals surface area contributed by atoms with E-state index in [1.54, 1.807) is 0 Å². The molecule has 0 atom stereocenters. The van der Waals surface area contributed by atoms with Crippen molar-refractivity contribution >= 4 is 0 Å². The summed E-state index contributed by atoms with van der Waals surface area (Å²) in [5, 5.41) is 7.75. The molecule has 0 amide bonds. The van der Waals surface area contributed by atoms with E-state index < -0.39 is 0 Å². The zero-order valence-corrected chi connectivity index (χ0v) is 5.03. The molecule has 34 valence electrons. The SMILES string of the molecule is NCCO.[Pt+2]. The third-order valence-electron chi connectivity index (χ3n) is 0.129. The van der Waals surface area contributed by atoms with Crippen molar-refractivity contribution in [3.8, 4) is 0 Å². The van der Waals surface area contributed by atoms with Crippen LogP contribution in [-0.4, -0.2) is 18.3 Å². The third kappa shape index (κ3) is 12.1. The van der Waals surface area contributed by atoms with Crippen LogP contribution in [0.2, 0.25) is 0 Å². The molecule has 0 spiro atoms. The quantitative estimate of drug-likeness (QED) is 0.628. The molecule has 0 radical (unpaired) electrons. The summed E-state index contributed by atoms with van der Waals surface area (Å²) in [6.45, 7) is 0.472. The monoisotopic (exact) mass is 256 g/mol. The van der Waals surface area contributed by atoms with Gasteiger partial charge in [0.1, 0.15) is 0 Å². The maximum atomic E-state index is 7.75. The summed E-state index contributed by atoms with van der Waals surface area (Å²) >= 11 is 0. The zero-order valence-electron chi connectivity index (χ0n) is 2.76. The van der Waals surface area contributed by atoms with Crippen molar-refractivity contribution in [1.29, 1.82) is 0 Å². The summed E-state index contributed by atoms with van der Waals surface area (Å²) in [6.07, 6.45) is 0. The second kappa shape index (κ2) is 8.82. The van der Waals surface area contributed by atoms with Gasteiger partial charge in [-0.25, -0.2) is 0 Å². The normalized spacial score (nSPS) is 6.00. The maximum absolute atomic E-state index is 7.75. The minimum Gasteiger partial charge on any atom is -0.395 e. The van der Waals surface area contributed by atoms with Gasteiger partial charge in [0.15, 0.2) is 0 Å². The molecule has 5 heavy (non-hydrogen) atoms. The third-order valence-corrected chi connectivity index (χ3v) is 0.129. The molecule has 0 saturated carbocycles. The minimum absolute atomic E-state index is 0. The van der Waals surface area contributed by atoms with E-state index in [2.05, 4.69) is 0 Å². The fourth-order valence-corrected chi connectivity index (χ4v) is 0. The van der Waals surface area contributed by atoms with Gasteiger partial charge < -0.3 is 10.8 Å². The van der Waals surface area contributed by atoms with Crippen LogP contribution in [0.5, 0.6) is 0 Å². The average Bonchev–Trinajstić information content (AvgIpc) is 1.37. The van der Waals surface area contributed by atoms with Crippen LogP contribution in [0.1, 0.15) is 0 Å². The Bertz CT molecular complexity index is 11.6. The predicted molar refractivity (Wildman–Crippen MR) is 16.1 cm³/mol. The molecule has 3 N–H and O–H groups in total. The first kappa shape index (κ1) is 9.15. The van der Waals surface area contributed by atoms with Crippen LogP contribution < -0.4 is 5.73 Å². The van der Waals surface area contributed by atoms with E-state index in [1.807, 2.05) is 0 Å². The molecule has 0 aromatic heterocycles. The van der Waals surface area contributed by atoms with E-state index in [9.17, 15) is 0 Å². The van der Waals surface area contributed by atoms with Gasteiger partial charge in [0, 0.05) is 6.54 Å². The molecule has 0 rings (SSSR count). The van der Waals surface area contributed by atoms with Crippen molar-refractivity contribution in [2.45, 2.75) is 0 Å². The molecule has 0 heterocycles. The van der Waals surface area contributed by atoms with Crippen LogP contribution in [-0.2, 0) is 21.1 Å². The van der Waals surface area contributed by atoms with E-state index >= 15 is 0 Å². The Hall–Kier alpha value is 0.608. The van der Waals surface area contributed by atoms with Crippen molar-refractivity contribution in [2.24, 2.45) is 5.73 Å². The summed E-state index contributed by atoms with van der Waals surface area (Å²) in [4.78, 5) is 0. The van der Waals surface area contributed by atoms with Crippen LogP contribution in [0.3, 0.4) is 0 Å². The number of aliphatic hydroxyl groups is 1. The fraction of sp³-hybridized carbons (Fsp3) is 1.00. The summed E-state index contributed by atoms with van der Waals surface area (Å²) in [5.74, 6) is 0. The Balaban J connectivity index is 0. The largest absolute Gasteiger partial charge is 2.00 e. The molecule has 0 bridgehead atoms. The van der Waals surface area contributed by atoms with Gasteiger partial charge >= 0.3 is 21.1 Å². The molecule has 0 aliphatic heterocycles. The van der Waals surface area contributed by atoms with Crippen LogP contribution in [0.4, 0.5) is 0 Å². The zero-order chi connectivity index (χ0) is 3.41. The molecule has 0 aliphatic carbocycles. The van der Waals surface area contributed by atoms with Crippen molar-refractivity contribution in [2.75, 3.05) is 13.2 Å². The molecule has 2 nitrogen and oxygen atoms in total. The number of aliphatic hydroxyl groups excluding tert-OH is 1. The molecule has 0 aliphatic rings. The van der Waals surface area contributed by atoms with Crippen LogP contribution in [0.15, 0.2) is 0 Å². The maximum Gasteiger partial charge on any atom is 2.00 e. The van der Waals surface area contributed by atoms with Crippen molar-refractivity contribution in [3.63, 3.8) is 0 Å². The van der Waals surface area contributed by atoms with E-state index in [0.717, 1.165) is 0 Å². The molecule has 3 heteroatoms. The minimum atomic E-state index is 0. The predicted octanol–water partition coefficient (Wildman–Crippen LogP) is -1.07. The first-order valence-electron chi connectivity index (χ1n) is 1.22. The van der Waals surface area contributed by atoms with Crippen molar-refractivity contribution in [1.82, 2.24) is 0 Å². The van der Waals surface area contributed by atoms with E-state index in [0.29, 0.717) is 6.54 Å². The molecule has 0 saturated heterocycles. The van der Waals surface area contributed by atoms with Gasteiger partial charge in [0.2, 0.25) is 0 Å². The summed E-state index contributed by atoms with van der Waals surface area (Å²) in [7, 11) is 0. The average molecular weight is 256 g/mol. The van der Waals surface area contributed by atoms with E-state index in [1.165, 1.54) is 0 Å². The van der Waals surface area contributed by atoms with Gasteiger partial charge in [-0.15, -0.1) is 0 Å². The van der Waals surface area contributed by atoms with Gasteiger partial charge in [0.05, 0.1) is 6.61 Å². The molecule has 0 fully saturated rings. The molecule has 0 aromatic rings. The standard InChI is InChI=1S/C2H7NO.Pt/c3-1-2-4;/h4H,1-3H2;/q;+2. The van der Waals surface area contributed by atoms with Crippen molar-refractivity contribution in [3.05, 3.63) is 0 Å². The summed E-state index contributed by atoms with van der Waals surface area (Å²) in [5.41, 5.74) is 4.78. The molecule has 0 aromatic carbocycles. The van der Waals surface area contributed by atoms with Gasteiger partial charge in [0.25, 0.3) is 0 Å². The first-order chi connectivity index (χ1) is 1.91.